The molecule has 1 aromatic rings. The maximum absolute atomic E-state index is 10.4. The molecule has 0 saturated carbocycles. The van der Waals surface area contributed by atoms with Gasteiger partial charge in [-0.3, -0.25) is 0 Å². The summed E-state index contributed by atoms with van der Waals surface area (Å²) in [6, 6.07) is 0.235. The average molecular weight is 316 g/mol. The zero-order valence-corrected chi connectivity index (χ0v) is 14.1. The molecule has 4 nitrogen and oxygen atoms in total. The Morgan fingerprint density at radius 2 is 2.35 bits per heavy atom. The lowest BCUT2D eigenvalue weighted by Crippen LogP contribution is -2.41. The van der Waals surface area contributed by atoms with Crippen LogP contribution in [0.5, 0.6) is 0 Å². The van der Waals surface area contributed by atoms with Gasteiger partial charge in [0.25, 0.3) is 0 Å². The molecule has 2 rings (SSSR count). The van der Waals surface area contributed by atoms with Crippen molar-refractivity contribution in [2.45, 2.75) is 38.3 Å². The van der Waals surface area contributed by atoms with Crippen LogP contribution in [0.3, 0.4) is 0 Å². The number of nitrogens with zero attached hydrogens (tertiary/aromatic N) is 1. The fourth-order valence-corrected chi connectivity index (χ4v) is 4.71. The molecule has 20 heavy (non-hydrogen) atoms. The molecule has 2 N–H and O–H groups in total. The zero-order valence-electron chi connectivity index (χ0n) is 12.4. The van der Waals surface area contributed by atoms with Gasteiger partial charge in [0.05, 0.1) is 22.9 Å². The largest absolute Gasteiger partial charge is 0.388 e. The van der Waals surface area contributed by atoms with Crippen molar-refractivity contribution < 1.29 is 9.84 Å². The molecule has 0 bridgehead atoms. The topological polar surface area (TPSA) is 54.4 Å². The van der Waals surface area contributed by atoms with Gasteiger partial charge in [-0.2, -0.15) is 11.8 Å². The molecule has 0 spiro atoms. The molecule has 1 aliphatic rings. The van der Waals surface area contributed by atoms with Crippen molar-refractivity contribution >= 4 is 23.1 Å². The van der Waals surface area contributed by atoms with E-state index in [0.29, 0.717) is 13.2 Å². The summed E-state index contributed by atoms with van der Waals surface area (Å²) in [6.07, 6.45) is 1.76. The predicted octanol–water partition coefficient (Wildman–Crippen LogP) is 2.16. The van der Waals surface area contributed by atoms with Gasteiger partial charge in [0.15, 0.2) is 0 Å². The molecule has 1 aromatic heterocycles. The van der Waals surface area contributed by atoms with E-state index in [-0.39, 0.29) is 6.04 Å². The van der Waals surface area contributed by atoms with Gasteiger partial charge in [-0.05, 0) is 26.0 Å². The van der Waals surface area contributed by atoms with Crippen molar-refractivity contribution in [3.63, 3.8) is 0 Å². The predicted molar refractivity (Wildman–Crippen MR) is 85.7 cm³/mol. The zero-order chi connectivity index (χ0) is 14.6. The summed E-state index contributed by atoms with van der Waals surface area (Å²) in [5.74, 6) is 1.90. The lowest BCUT2D eigenvalue weighted by Gasteiger charge is -2.24. The Bertz CT molecular complexity index is 431. The average Bonchev–Trinajstić information content (AvgIpc) is 3.01. The summed E-state index contributed by atoms with van der Waals surface area (Å²) in [7, 11) is 1.71. The lowest BCUT2D eigenvalue weighted by atomic mass is 10.0. The highest BCUT2D eigenvalue weighted by Crippen LogP contribution is 2.29. The number of aromatic nitrogens is 1. The summed E-state index contributed by atoms with van der Waals surface area (Å²) in [6.45, 7) is 5.57. The van der Waals surface area contributed by atoms with Crippen molar-refractivity contribution in [1.29, 1.82) is 0 Å². The minimum Gasteiger partial charge on any atom is -0.388 e. The third-order valence-electron chi connectivity index (χ3n) is 3.61. The van der Waals surface area contributed by atoms with E-state index in [4.69, 9.17) is 4.74 Å². The Balaban J connectivity index is 1.91. The van der Waals surface area contributed by atoms with Crippen LogP contribution in [0.2, 0.25) is 0 Å². The molecule has 1 fully saturated rings. The maximum atomic E-state index is 10.4. The number of ether oxygens (including phenoxy) is 1. The molecular formula is C14H24N2O2S2. The number of hydrogen-bond acceptors (Lipinski definition) is 6. The number of hydrogen-bond donors (Lipinski definition) is 2. The summed E-state index contributed by atoms with van der Waals surface area (Å²) < 4.78 is 5.10. The van der Waals surface area contributed by atoms with Crippen LogP contribution in [0.15, 0.2) is 0 Å². The molecular weight excluding hydrogens is 292 g/mol. The van der Waals surface area contributed by atoms with Crippen LogP contribution in [0, 0.1) is 6.92 Å². The number of nitrogens with one attached hydrogen (secondary N) is 1. The van der Waals surface area contributed by atoms with Crippen LogP contribution in [0.25, 0.3) is 0 Å². The number of rotatable bonds is 7. The van der Waals surface area contributed by atoms with Gasteiger partial charge >= 0.3 is 0 Å². The van der Waals surface area contributed by atoms with E-state index in [1.165, 1.54) is 4.88 Å². The quantitative estimate of drug-likeness (QED) is 0.807. The molecule has 1 aliphatic heterocycles. The van der Waals surface area contributed by atoms with E-state index in [2.05, 4.69) is 24.1 Å². The Morgan fingerprint density at radius 3 is 3.00 bits per heavy atom. The van der Waals surface area contributed by atoms with Gasteiger partial charge in [0, 0.05) is 36.7 Å². The van der Waals surface area contributed by atoms with E-state index < -0.39 is 5.60 Å². The molecule has 0 radical (unpaired) electrons. The van der Waals surface area contributed by atoms with E-state index in [1.54, 1.807) is 18.4 Å². The normalized spacial score (nSPS) is 24.2. The second-order valence-corrected chi connectivity index (χ2v) is 7.65. The minimum absolute atomic E-state index is 0.235. The fraction of sp³-hybridized carbons (Fsp3) is 0.786. The van der Waals surface area contributed by atoms with Gasteiger partial charge in [-0.25, -0.2) is 4.98 Å². The second kappa shape index (κ2) is 7.22. The fourth-order valence-electron chi connectivity index (χ4n) is 2.34. The first kappa shape index (κ1) is 16.2. The molecule has 1 saturated heterocycles. The van der Waals surface area contributed by atoms with Crippen molar-refractivity contribution in [3.8, 4) is 0 Å². The molecule has 2 atom stereocenters. The highest BCUT2D eigenvalue weighted by atomic mass is 32.2. The summed E-state index contributed by atoms with van der Waals surface area (Å²) in [5.41, 5.74) is 0.560. The highest BCUT2D eigenvalue weighted by Gasteiger charge is 2.32. The van der Waals surface area contributed by atoms with Gasteiger partial charge < -0.3 is 15.2 Å². The Labute approximate surface area is 129 Å². The number of methoxy groups -OCH3 is 1. The Kier molecular flexibility index (Phi) is 5.86. The van der Waals surface area contributed by atoms with Gasteiger partial charge in [-0.1, -0.05) is 0 Å². The molecule has 2 unspecified atom stereocenters. The summed E-state index contributed by atoms with van der Waals surface area (Å²) in [4.78, 5) is 5.87. The summed E-state index contributed by atoms with van der Waals surface area (Å²) >= 11 is 3.58. The van der Waals surface area contributed by atoms with Crippen molar-refractivity contribution in [2.24, 2.45) is 0 Å². The van der Waals surface area contributed by atoms with Gasteiger partial charge in [-0.15, -0.1) is 11.3 Å². The van der Waals surface area contributed by atoms with Crippen molar-refractivity contribution in [2.75, 3.05) is 31.8 Å². The standard InChI is InChI=1S/C14H24N2O2S2/c1-10(15-8-14(17)5-7-19-9-14)13-11(2)16-12(20-13)4-6-18-3/h10,15,17H,4-9H2,1-3H3. The number of aliphatic hydroxyl groups is 1. The summed E-state index contributed by atoms with van der Waals surface area (Å²) in [5, 5.41) is 15.0. The monoisotopic (exact) mass is 316 g/mol. The molecule has 0 aromatic carbocycles. The number of aryl methyl sites for hydroxylation is 1. The Hall–Kier alpha value is -0.140. The molecule has 0 amide bonds. The van der Waals surface area contributed by atoms with E-state index in [9.17, 15) is 5.11 Å². The molecule has 6 heteroatoms. The van der Waals surface area contributed by atoms with Crippen molar-refractivity contribution in [1.82, 2.24) is 10.3 Å². The van der Waals surface area contributed by atoms with E-state index in [1.807, 2.05) is 11.8 Å². The SMILES string of the molecule is COCCc1nc(C)c(C(C)NCC2(O)CCSC2)s1. The number of thioether (sulfide) groups is 1. The second-order valence-electron chi connectivity index (χ2n) is 5.43. The molecule has 2 heterocycles. The molecule has 114 valence electrons. The maximum Gasteiger partial charge on any atom is 0.0954 e. The smallest absolute Gasteiger partial charge is 0.0954 e. The van der Waals surface area contributed by atoms with Crippen LogP contribution >= 0.6 is 23.1 Å². The highest BCUT2D eigenvalue weighted by molar-refractivity contribution is 7.99. The third kappa shape index (κ3) is 4.18. The van der Waals surface area contributed by atoms with Gasteiger partial charge in [0.2, 0.25) is 0 Å². The van der Waals surface area contributed by atoms with Crippen LogP contribution in [0.4, 0.5) is 0 Å². The van der Waals surface area contributed by atoms with Crippen LogP contribution < -0.4 is 5.32 Å². The van der Waals surface area contributed by atoms with E-state index >= 15 is 0 Å². The van der Waals surface area contributed by atoms with Crippen LogP contribution in [-0.4, -0.2) is 47.5 Å². The minimum atomic E-state index is -0.531. The third-order valence-corrected chi connectivity index (χ3v) is 6.24. The van der Waals surface area contributed by atoms with Crippen molar-refractivity contribution in [3.05, 3.63) is 15.6 Å². The first-order valence-corrected chi connectivity index (χ1v) is 9.00. The van der Waals surface area contributed by atoms with Crippen LogP contribution in [-0.2, 0) is 11.2 Å². The number of thiazole rings is 1. The van der Waals surface area contributed by atoms with Gasteiger partial charge in [0.1, 0.15) is 0 Å². The first-order chi connectivity index (χ1) is 9.54. The first-order valence-electron chi connectivity index (χ1n) is 7.03. The lowest BCUT2D eigenvalue weighted by molar-refractivity contribution is 0.0652. The molecule has 0 aliphatic carbocycles. The van der Waals surface area contributed by atoms with Crippen LogP contribution in [0.1, 0.15) is 35.0 Å². The van der Waals surface area contributed by atoms with E-state index in [0.717, 1.165) is 35.0 Å². The Morgan fingerprint density at radius 1 is 1.55 bits per heavy atom.